The van der Waals surface area contributed by atoms with Crippen LogP contribution in [0.1, 0.15) is 28.3 Å². The summed E-state index contributed by atoms with van der Waals surface area (Å²) in [4.78, 5) is 15.1. The molecule has 1 aliphatic heterocycles. The zero-order valence-corrected chi connectivity index (χ0v) is 15.4. The predicted molar refractivity (Wildman–Crippen MR) is 99.5 cm³/mol. The molecule has 144 valence electrons. The largest absolute Gasteiger partial charge is 0.418 e. The average molecular weight is 385 g/mol. The number of rotatable bonds is 3. The van der Waals surface area contributed by atoms with Crippen LogP contribution in [0.5, 0.6) is 0 Å². The minimum Gasteiger partial charge on any atom is -0.304 e. The van der Waals surface area contributed by atoms with Gasteiger partial charge in [0.2, 0.25) is 0 Å². The summed E-state index contributed by atoms with van der Waals surface area (Å²) in [5.41, 5.74) is 1.38. The molecule has 28 heavy (non-hydrogen) atoms. The van der Waals surface area contributed by atoms with Crippen LogP contribution in [0, 0.1) is 0 Å². The van der Waals surface area contributed by atoms with Crippen molar-refractivity contribution in [2.75, 3.05) is 14.1 Å². The Labute approximate surface area is 160 Å². The van der Waals surface area contributed by atoms with Gasteiger partial charge in [0.15, 0.2) is 0 Å². The minimum absolute atomic E-state index is 0.0567. The molecule has 0 atom stereocenters. The van der Waals surface area contributed by atoms with Crippen LogP contribution in [0.15, 0.2) is 53.8 Å². The van der Waals surface area contributed by atoms with Crippen molar-refractivity contribution in [3.05, 3.63) is 77.1 Å². The van der Waals surface area contributed by atoms with Crippen molar-refractivity contribution in [2.45, 2.75) is 19.3 Å². The molecule has 0 radical (unpaired) electrons. The van der Waals surface area contributed by atoms with Gasteiger partial charge in [0.1, 0.15) is 5.82 Å². The molecule has 0 unspecified atom stereocenters. The van der Waals surface area contributed by atoms with Crippen LogP contribution in [0.3, 0.4) is 0 Å². The van der Waals surface area contributed by atoms with Crippen molar-refractivity contribution >= 4 is 5.71 Å². The van der Waals surface area contributed by atoms with Gasteiger partial charge in [0, 0.05) is 18.3 Å². The Balaban J connectivity index is 2.03. The Hall–Kier alpha value is -3.00. The lowest BCUT2D eigenvalue weighted by Gasteiger charge is -2.21. The van der Waals surface area contributed by atoms with E-state index in [1.165, 1.54) is 6.07 Å². The molecule has 1 aromatic carbocycles. The summed E-state index contributed by atoms with van der Waals surface area (Å²) in [5.74, 6) is 0.473. The van der Waals surface area contributed by atoms with Gasteiger partial charge in [-0.05, 0) is 32.3 Å². The van der Waals surface area contributed by atoms with E-state index in [1.54, 1.807) is 41.2 Å². The van der Waals surface area contributed by atoms with Crippen LogP contribution in [0.4, 0.5) is 13.2 Å². The standard InChI is InChI=1S/C20H18F3N5/c1-27(2)12-13-10-25-17-11-26-18(16-8-3-4-9-24-16)14-6-5-7-15(20(21,22)23)19(14)28(13)17/h3-10H,11-12H2,1-2H3. The summed E-state index contributed by atoms with van der Waals surface area (Å²) < 4.78 is 43.4. The molecule has 0 fully saturated rings. The van der Waals surface area contributed by atoms with Crippen molar-refractivity contribution < 1.29 is 13.2 Å². The highest BCUT2D eigenvalue weighted by molar-refractivity contribution is 6.14. The van der Waals surface area contributed by atoms with E-state index in [0.29, 0.717) is 35.0 Å². The molecule has 8 heteroatoms. The molecule has 2 aromatic heterocycles. The highest BCUT2D eigenvalue weighted by Crippen LogP contribution is 2.38. The number of hydrogen-bond donors (Lipinski definition) is 0. The zero-order valence-electron chi connectivity index (χ0n) is 15.4. The van der Waals surface area contributed by atoms with E-state index in [-0.39, 0.29) is 12.2 Å². The first kappa shape index (κ1) is 18.4. The maximum absolute atomic E-state index is 13.9. The summed E-state index contributed by atoms with van der Waals surface area (Å²) in [7, 11) is 3.73. The predicted octanol–water partition coefficient (Wildman–Crippen LogP) is 3.70. The van der Waals surface area contributed by atoms with E-state index in [0.717, 1.165) is 6.07 Å². The molecule has 0 saturated carbocycles. The number of para-hydroxylation sites is 1. The van der Waals surface area contributed by atoms with Gasteiger partial charge in [-0.15, -0.1) is 0 Å². The van der Waals surface area contributed by atoms with Gasteiger partial charge >= 0.3 is 6.18 Å². The first-order chi connectivity index (χ1) is 13.4. The van der Waals surface area contributed by atoms with E-state index in [2.05, 4.69) is 15.0 Å². The Morgan fingerprint density at radius 3 is 2.57 bits per heavy atom. The second-order valence-electron chi connectivity index (χ2n) is 6.82. The molecule has 4 rings (SSSR count). The quantitative estimate of drug-likeness (QED) is 0.691. The summed E-state index contributed by atoms with van der Waals surface area (Å²) >= 11 is 0. The van der Waals surface area contributed by atoms with Crippen molar-refractivity contribution in [3.8, 4) is 5.69 Å². The van der Waals surface area contributed by atoms with E-state index in [9.17, 15) is 13.2 Å². The van der Waals surface area contributed by atoms with Gasteiger partial charge in [0.25, 0.3) is 0 Å². The van der Waals surface area contributed by atoms with Crippen LogP contribution in [0.25, 0.3) is 5.69 Å². The Morgan fingerprint density at radius 2 is 1.89 bits per heavy atom. The normalized spacial score (nSPS) is 13.7. The van der Waals surface area contributed by atoms with Crippen LogP contribution >= 0.6 is 0 Å². The lowest BCUT2D eigenvalue weighted by molar-refractivity contribution is -0.137. The van der Waals surface area contributed by atoms with Crippen molar-refractivity contribution in [2.24, 2.45) is 4.99 Å². The maximum Gasteiger partial charge on any atom is 0.418 e. The molecular weight excluding hydrogens is 367 g/mol. The molecule has 0 N–H and O–H groups in total. The van der Waals surface area contributed by atoms with Crippen molar-refractivity contribution in [1.29, 1.82) is 0 Å². The zero-order chi connectivity index (χ0) is 19.9. The fraction of sp³-hybridized carbons (Fsp3) is 0.250. The molecule has 3 heterocycles. The second kappa shape index (κ2) is 6.87. The molecule has 0 aliphatic carbocycles. The number of alkyl halides is 3. The van der Waals surface area contributed by atoms with Crippen molar-refractivity contribution in [1.82, 2.24) is 19.4 Å². The van der Waals surface area contributed by atoms with Crippen LogP contribution < -0.4 is 0 Å². The van der Waals surface area contributed by atoms with Gasteiger partial charge < -0.3 is 4.90 Å². The molecular formula is C20H18F3N5. The Morgan fingerprint density at radius 1 is 1.07 bits per heavy atom. The molecule has 3 aromatic rings. The number of hydrogen-bond acceptors (Lipinski definition) is 4. The van der Waals surface area contributed by atoms with Crippen LogP contribution in [-0.2, 0) is 19.3 Å². The first-order valence-electron chi connectivity index (χ1n) is 8.73. The van der Waals surface area contributed by atoms with E-state index >= 15 is 0 Å². The number of fused-ring (bicyclic) bond motifs is 3. The average Bonchev–Trinajstić information content (AvgIpc) is 2.95. The lowest BCUT2D eigenvalue weighted by atomic mass is 9.99. The van der Waals surface area contributed by atoms with Gasteiger partial charge in [-0.3, -0.25) is 14.5 Å². The molecule has 5 nitrogen and oxygen atoms in total. The van der Waals surface area contributed by atoms with Crippen LogP contribution in [-0.4, -0.2) is 39.2 Å². The van der Waals surface area contributed by atoms with Gasteiger partial charge in [-0.2, -0.15) is 13.2 Å². The smallest absolute Gasteiger partial charge is 0.304 e. The summed E-state index contributed by atoms with van der Waals surface area (Å²) in [6.07, 6.45) is -1.29. The number of benzene rings is 1. The summed E-state index contributed by atoms with van der Waals surface area (Å²) in [5, 5.41) is 0. The third kappa shape index (κ3) is 3.20. The van der Waals surface area contributed by atoms with Crippen LogP contribution in [0.2, 0.25) is 0 Å². The van der Waals surface area contributed by atoms with E-state index in [1.807, 2.05) is 19.0 Å². The molecule has 0 amide bonds. The number of nitrogens with zero attached hydrogens (tertiary/aromatic N) is 5. The second-order valence-corrected chi connectivity index (χ2v) is 6.82. The third-order valence-electron chi connectivity index (χ3n) is 4.49. The van der Waals surface area contributed by atoms with E-state index < -0.39 is 11.7 Å². The topological polar surface area (TPSA) is 46.3 Å². The monoisotopic (exact) mass is 385 g/mol. The third-order valence-corrected chi connectivity index (χ3v) is 4.49. The molecule has 0 bridgehead atoms. The Bertz CT molecular complexity index is 1040. The number of halogens is 3. The van der Waals surface area contributed by atoms with E-state index in [4.69, 9.17) is 0 Å². The highest BCUT2D eigenvalue weighted by Gasteiger charge is 2.37. The lowest BCUT2D eigenvalue weighted by Crippen LogP contribution is -2.20. The molecule has 0 spiro atoms. The first-order valence-corrected chi connectivity index (χ1v) is 8.73. The highest BCUT2D eigenvalue weighted by atomic mass is 19.4. The fourth-order valence-corrected chi connectivity index (χ4v) is 3.41. The van der Waals surface area contributed by atoms with Gasteiger partial charge in [0.05, 0.1) is 41.1 Å². The maximum atomic E-state index is 13.9. The number of pyridine rings is 1. The summed E-state index contributed by atoms with van der Waals surface area (Å²) in [6, 6.07) is 9.47. The molecule has 1 aliphatic rings. The van der Waals surface area contributed by atoms with Gasteiger partial charge in [-0.25, -0.2) is 4.98 Å². The SMILES string of the molecule is CN(C)Cc1cnc2n1-c1c(cccc1C(F)(F)F)C(c1ccccn1)=NC2. The number of aromatic nitrogens is 3. The fourth-order valence-electron chi connectivity index (χ4n) is 3.41. The number of imidazole rings is 1. The van der Waals surface area contributed by atoms with Crippen molar-refractivity contribution in [3.63, 3.8) is 0 Å². The Kier molecular flexibility index (Phi) is 4.50. The van der Waals surface area contributed by atoms with Gasteiger partial charge in [-0.1, -0.05) is 18.2 Å². The summed E-state index contributed by atoms with van der Waals surface area (Å²) in [6.45, 7) is 0.628. The minimum atomic E-state index is -4.51. The number of aliphatic imine (C=N–C) groups is 1. The molecule has 0 saturated heterocycles.